The maximum Gasteiger partial charge on any atom is 0.274 e. The van der Waals surface area contributed by atoms with E-state index >= 15 is 0 Å². The van der Waals surface area contributed by atoms with E-state index in [-0.39, 0.29) is 23.5 Å². The third-order valence-corrected chi connectivity index (χ3v) is 4.10. The number of hydrogen-bond acceptors (Lipinski definition) is 4. The lowest BCUT2D eigenvalue weighted by atomic mass is 10.1. The Morgan fingerprint density at radius 2 is 2.29 bits per heavy atom. The summed E-state index contributed by atoms with van der Waals surface area (Å²) in [6.45, 7) is 2.28. The number of fused-ring (bicyclic) bond motifs is 1. The second kappa shape index (κ2) is 4.70. The standard InChI is InChI=1S/C14H18N4O3/c1-8-5-9(10-11(16-8)18(2)17-13(10)21)12(20)15-6-14(7-19)3-4-14/h5,19H,3-4,6-7H2,1-2H3,(H,15,20)(H,17,21). The van der Waals surface area contributed by atoms with Crippen molar-refractivity contribution in [2.24, 2.45) is 12.5 Å². The van der Waals surface area contributed by atoms with Gasteiger partial charge in [-0.2, -0.15) is 0 Å². The summed E-state index contributed by atoms with van der Waals surface area (Å²) in [4.78, 5) is 28.6. The smallest absolute Gasteiger partial charge is 0.274 e. The lowest BCUT2D eigenvalue weighted by Gasteiger charge is -2.13. The number of aryl methyl sites for hydroxylation is 2. The first-order valence-electron chi connectivity index (χ1n) is 6.91. The second-order valence-electron chi connectivity index (χ2n) is 5.85. The molecule has 0 radical (unpaired) electrons. The zero-order valence-corrected chi connectivity index (χ0v) is 12.1. The predicted octanol–water partition coefficient (Wildman–Crippen LogP) is 0.0723. The predicted molar refractivity (Wildman–Crippen MR) is 77.2 cm³/mol. The molecule has 0 unspecified atom stereocenters. The van der Waals surface area contributed by atoms with Gasteiger partial charge in [-0.15, -0.1) is 0 Å². The Hall–Kier alpha value is -2.15. The Labute approximate surface area is 121 Å². The molecule has 1 aliphatic rings. The fourth-order valence-electron chi connectivity index (χ4n) is 2.49. The number of H-pyrrole nitrogens is 1. The van der Waals surface area contributed by atoms with Crippen LogP contribution < -0.4 is 10.9 Å². The van der Waals surface area contributed by atoms with E-state index in [9.17, 15) is 14.7 Å². The number of carbonyl (C=O) groups excluding carboxylic acids is 1. The van der Waals surface area contributed by atoms with Crippen molar-refractivity contribution in [3.8, 4) is 0 Å². The molecule has 0 bridgehead atoms. The van der Waals surface area contributed by atoms with Gasteiger partial charge in [-0.1, -0.05) is 0 Å². The van der Waals surface area contributed by atoms with Gasteiger partial charge in [0.25, 0.3) is 11.5 Å². The molecule has 0 atom stereocenters. The van der Waals surface area contributed by atoms with Gasteiger partial charge in [-0.25, -0.2) is 4.98 Å². The topological polar surface area (TPSA) is 100 Å². The Balaban J connectivity index is 1.96. The van der Waals surface area contributed by atoms with Crippen LogP contribution in [-0.4, -0.2) is 38.9 Å². The molecule has 0 aliphatic heterocycles. The van der Waals surface area contributed by atoms with Gasteiger partial charge >= 0.3 is 0 Å². The summed E-state index contributed by atoms with van der Waals surface area (Å²) in [6.07, 6.45) is 1.83. The Kier molecular flexibility index (Phi) is 3.09. The van der Waals surface area contributed by atoms with Crippen molar-refractivity contribution in [3.05, 3.63) is 27.7 Å². The number of aliphatic hydroxyl groups is 1. The minimum atomic E-state index is -0.326. The van der Waals surface area contributed by atoms with E-state index in [2.05, 4.69) is 15.4 Å². The summed E-state index contributed by atoms with van der Waals surface area (Å²) < 4.78 is 1.51. The maximum absolute atomic E-state index is 12.4. The van der Waals surface area contributed by atoms with E-state index in [4.69, 9.17) is 0 Å². The first-order chi connectivity index (χ1) is 9.96. The molecule has 7 nitrogen and oxygen atoms in total. The quantitative estimate of drug-likeness (QED) is 0.742. The number of nitrogens with zero attached hydrogens (tertiary/aromatic N) is 2. The van der Waals surface area contributed by atoms with Crippen LogP contribution in [0.2, 0.25) is 0 Å². The van der Waals surface area contributed by atoms with Crippen molar-refractivity contribution >= 4 is 16.9 Å². The molecule has 1 fully saturated rings. The lowest BCUT2D eigenvalue weighted by Crippen LogP contribution is -2.32. The van der Waals surface area contributed by atoms with E-state index in [1.807, 2.05) is 0 Å². The van der Waals surface area contributed by atoms with E-state index in [1.165, 1.54) is 4.68 Å². The Bertz CT molecular complexity index is 770. The first-order valence-corrected chi connectivity index (χ1v) is 6.91. The van der Waals surface area contributed by atoms with Crippen LogP contribution in [0.4, 0.5) is 0 Å². The number of hydrogen-bond donors (Lipinski definition) is 3. The van der Waals surface area contributed by atoms with Gasteiger partial charge < -0.3 is 10.4 Å². The summed E-state index contributed by atoms with van der Waals surface area (Å²) >= 11 is 0. The number of aliphatic hydroxyl groups excluding tert-OH is 1. The molecule has 2 heterocycles. The summed E-state index contributed by atoms with van der Waals surface area (Å²) in [7, 11) is 1.68. The summed E-state index contributed by atoms with van der Waals surface area (Å²) in [6, 6.07) is 1.62. The normalized spacial score (nSPS) is 16.1. The number of pyridine rings is 1. The van der Waals surface area contributed by atoms with Gasteiger partial charge in [0.05, 0.1) is 17.6 Å². The third kappa shape index (κ3) is 2.33. The SMILES string of the molecule is Cc1cc(C(=O)NCC2(CO)CC2)c2c(=O)[nH]n(C)c2n1. The van der Waals surface area contributed by atoms with Crippen molar-refractivity contribution in [1.29, 1.82) is 0 Å². The molecule has 1 saturated carbocycles. The van der Waals surface area contributed by atoms with Crippen molar-refractivity contribution in [2.45, 2.75) is 19.8 Å². The molecule has 3 rings (SSSR count). The zero-order chi connectivity index (χ0) is 15.2. The molecule has 2 aromatic heterocycles. The van der Waals surface area contributed by atoms with E-state index in [1.54, 1.807) is 20.0 Å². The molecular weight excluding hydrogens is 272 g/mol. The number of rotatable bonds is 4. The van der Waals surface area contributed by atoms with Crippen molar-refractivity contribution < 1.29 is 9.90 Å². The summed E-state index contributed by atoms with van der Waals surface area (Å²) in [5, 5.41) is 15.0. The number of carbonyl (C=O) groups is 1. The lowest BCUT2D eigenvalue weighted by molar-refractivity contribution is 0.0936. The van der Waals surface area contributed by atoms with Crippen molar-refractivity contribution in [3.63, 3.8) is 0 Å². The fourth-order valence-corrected chi connectivity index (χ4v) is 2.49. The second-order valence-corrected chi connectivity index (χ2v) is 5.85. The highest BCUT2D eigenvalue weighted by atomic mass is 16.3. The molecular formula is C14H18N4O3. The van der Waals surface area contributed by atoms with Crippen LogP contribution in [0.25, 0.3) is 11.0 Å². The summed E-state index contributed by atoms with van der Waals surface area (Å²) in [5.41, 5.74) is 0.973. The molecule has 0 aromatic carbocycles. The largest absolute Gasteiger partial charge is 0.396 e. The maximum atomic E-state index is 12.4. The van der Waals surface area contributed by atoms with Crippen LogP contribution in [0.15, 0.2) is 10.9 Å². The minimum absolute atomic E-state index is 0.0734. The van der Waals surface area contributed by atoms with Gasteiger partial charge in [0.15, 0.2) is 5.65 Å². The first kappa shape index (κ1) is 13.8. The minimum Gasteiger partial charge on any atom is -0.396 e. The van der Waals surface area contributed by atoms with Gasteiger partial charge in [0.1, 0.15) is 0 Å². The molecule has 1 aliphatic carbocycles. The van der Waals surface area contributed by atoms with E-state index in [0.717, 1.165) is 12.8 Å². The van der Waals surface area contributed by atoms with Crippen LogP contribution in [0.3, 0.4) is 0 Å². The van der Waals surface area contributed by atoms with Crippen LogP contribution >= 0.6 is 0 Å². The molecule has 1 amide bonds. The fraction of sp³-hybridized carbons (Fsp3) is 0.500. The molecule has 0 spiro atoms. The highest BCUT2D eigenvalue weighted by molar-refractivity contribution is 6.05. The molecule has 2 aromatic rings. The monoisotopic (exact) mass is 290 g/mol. The molecule has 112 valence electrons. The molecule has 3 N–H and O–H groups in total. The third-order valence-electron chi connectivity index (χ3n) is 4.10. The zero-order valence-electron chi connectivity index (χ0n) is 12.1. The highest BCUT2D eigenvalue weighted by Gasteiger charge is 2.42. The van der Waals surface area contributed by atoms with Gasteiger partial charge in [0.2, 0.25) is 0 Å². The Morgan fingerprint density at radius 1 is 1.57 bits per heavy atom. The van der Waals surface area contributed by atoms with Gasteiger partial charge in [0, 0.05) is 24.7 Å². The number of nitrogens with one attached hydrogen (secondary N) is 2. The Morgan fingerprint density at radius 3 is 2.90 bits per heavy atom. The summed E-state index contributed by atoms with van der Waals surface area (Å²) in [5.74, 6) is -0.304. The van der Waals surface area contributed by atoms with Gasteiger partial charge in [-0.3, -0.25) is 19.4 Å². The van der Waals surface area contributed by atoms with Gasteiger partial charge in [-0.05, 0) is 25.8 Å². The molecule has 21 heavy (non-hydrogen) atoms. The van der Waals surface area contributed by atoms with Crippen molar-refractivity contribution in [2.75, 3.05) is 13.2 Å². The average molecular weight is 290 g/mol. The van der Waals surface area contributed by atoms with Crippen LogP contribution in [0.5, 0.6) is 0 Å². The van der Waals surface area contributed by atoms with E-state index < -0.39 is 0 Å². The highest BCUT2D eigenvalue weighted by Crippen LogP contribution is 2.44. The average Bonchev–Trinajstić information content (AvgIpc) is 3.18. The van der Waals surface area contributed by atoms with Crippen LogP contribution in [0.1, 0.15) is 28.9 Å². The van der Waals surface area contributed by atoms with Crippen LogP contribution in [-0.2, 0) is 7.05 Å². The number of aromatic amines is 1. The van der Waals surface area contributed by atoms with Crippen molar-refractivity contribution in [1.82, 2.24) is 20.1 Å². The number of amides is 1. The number of aromatic nitrogens is 3. The van der Waals surface area contributed by atoms with Crippen LogP contribution in [0, 0.1) is 12.3 Å². The van der Waals surface area contributed by atoms with E-state index in [0.29, 0.717) is 28.8 Å². The molecule has 0 saturated heterocycles. The molecule has 7 heteroatoms.